The predicted molar refractivity (Wildman–Crippen MR) is 129 cm³/mol. The van der Waals surface area contributed by atoms with Crippen LogP contribution in [0.15, 0.2) is 97.1 Å². The molecule has 4 rings (SSSR count). The molecule has 0 fully saturated rings. The molecule has 0 radical (unpaired) electrons. The lowest BCUT2D eigenvalue weighted by molar-refractivity contribution is 0.592. The molecule has 0 amide bonds. The van der Waals surface area contributed by atoms with E-state index in [4.69, 9.17) is 5.73 Å². The van der Waals surface area contributed by atoms with Gasteiger partial charge in [-0.3, -0.25) is 0 Å². The summed E-state index contributed by atoms with van der Waals surface area (Å²) in [4.78, 5) is 0. The highest BCUT2D eigenvalue weighted by Crippen LogP contribution is 2.46. The Kier molecular flexibility index (Phi) is 5.72. The van der Waals surface area contributed by atoms with Gasteiger partial charge in [0.25, 0.3) is 0 Å². The van der Waals surface area contributed by atoms with E-state index in [1.54, 1.807) is 0 Å². The van der Waals surface area contributed by atoms with Crippen LogP contribution < -0.4 is 21.6 Å². The summed E-state index contributed by atoms with van der Waals surface area (Å²) in [5.41, 5.74) is 11.6. The van der Waals surface area contributed by atoms with Gasteiger partial charge in [0.2, 0.25) is 0 Å². The number of hydrogen-bond donors (Lipinski definition) is 1. The molecule has 4 aromatic carbocycles. The van der Waals surface area contributed by atoms with Crippen LogP contribution >= 0.6 is 7.14 Å². The van der Waals surface area contributed by atoms with E-state index in [0.717, 1.165) is 43.7 Å². The van der Waals surface area contributed by atoms with Crippen molar-refractivity contribution in [1.29, 1.82) is 0 Å². The molecule has 0 spiro atoms. The highest BCUT2D eigenvalue weighted by Gasteiger charge is 2.33. The summed E-state index contributed by atoms with van der Waals surface area (Å²) in [5.74, 6) is 0. The molecule has 3 heteroatoms. The van der Waals surface area contributed by atoms with Crippen LogP contribution in [-0.2, 0) is 11.1 Å². The van der Waals surface area contributed by atoms with Crippen molar-refractivity contribution < 1.29 is 4.57 Å². The van der Waals surface area contributed by atoms with E-state index < -0.39 is 7.14 Å². The molecule has 0 saturated heterocycles. The van der Waals surface area contributed by atoms with Crippen LogP contribution in [-0.4, -0.2) is 0 Å². The molecule has 30 heavy (non-hydrogen) atoms. The maximum atomic E-state index is 15.0. The minimum atomic E-state index is -3.10. The van der Waals surface area contributed by atoms with Gasteiger partial charge in [0, 0.05) is 22.5 Å². The Balaban J connectivity index is 2.12. The summed E-state index contributed by atoms with van der Waals surface area (Å²) in [5, 5.41) is 2.54. The average molecular weight is 411 g/mol. The molecule has 0 bridgehead atoms. The largest absolute Gasteiger partial charge is 0.326 e. The molecule has 0 saturated carbocycles. The highest BCUT2D eigenvalue weighted by molar-refractivity contribution is 7.85. The van der Waals surface area contributed by atoms with Crippen molar-refractivity contribution in [2.24, 2.45) is 5.73 Å². The first-order valence-corrected chi connectivity index (χ1v) is 11.9. The van der Waals surface area contributed by atoms with Crippen LogP contribution in [0, 0.1) is 13.8 Å². The van der Waals surface area contributed by atoms with Crippen LogP contribution in [0.5, 0.6) is 0 Å². The van der Waals surface area contributed by atoms with Crippen molar-refractivity contribution in [2.75, 3.05) is 0 Å². The zero-order chi connectivity index (χ0) is 21.1. The third-order valence-electron chi connectivity index (χ3n) is 5.66. The summed E-state index contributed by atoms with van der Waals surface area (Å²) in [6.45, 7) is 4.62. The van der Waals surface area contributed by atoms with Crippen molar-refractivity contribution in [3.05, 3.63) is 114 Å². The van der Waals surface area contributed by atoms with E-state index >= 15 is 4.57 Å². The molecule has 4 aromatic rings. The second kappa shape index (κ2) is 8.44. The van der Waals surface area contributed by atoms with Crippen LogP contribution in [0.25, 0.3) is 11.1 Å². The fourth-order valence-corrected chi connectivity index (χ4v) is 7.14. The standard InChI is InChI=1S/C27H26NOP/c1-20-11-9-13-22(19-28)26(20)27-21(2)12-10-18-25(27)30(29,23-14-5-3-6-15-23)24-16-7-4-8-17-24/h3-18H,19,28H2,1-2H3. The smallest absolute Gasteiger partial charge is 0.171 e. The Morgan fingerprint density at radius 1 is 0.633 bits per heavy atom. The summed E-state index contributed by atoms with van der Waals surface area (Å²) in [6.07, 6.45) is 0. The molecule has 0 heterocycles. The SMILES string of the molecule is Cc1cccc(CN)c1-c1c(C)cccc1P(=O)(c1ccccc1)c1ccccc1. The summed E-state index contributed by atoms with van der Waals surface area (Å²) in [7, 11) is -3.10. The van der Waals surface area contributed by atoms with E-state index in [1.165, 1.54) is 0 Å². The minimum Gasteiger partial charge on any atom is -0.326 e. The van der Waals surface area contributed by atoms with Crippen molar-refractivity contribution in [2.45, 2.75) is 20.4 Å². The fraction of sp³-hybridized carbons (Fsp3) is 0.111. The third-order valence-corrected chi connectivity index (χ3v) is 8.76. The second-order valence-electron chi connectivity index (χ2n) is 7.56. The van der Waals surface area contributed by atoms with E-state index in [9.17, 15) is 0 Å². The van der Waals surface area contributed by atoms with Gasteiger partial charge >= 0.3 is 0 Å². The fourth-order valence-electron chi connectivity index (χ4n) is 4.20. The quantitative estimate of drug-likeness (QED) is 0.466. The van der Waals surface area contributed by atoms with Gasteiger partial charge in [-0.15, -0.1) is 0 Å². The van der Waals surface area contributed by atoms with Gasteiger partial charge in [0.1, 0.15) is 0 Å². The molecule has 0 aliphatic rings. The molecular weight excluding hydrogens is 385 g/mol. The topological polar surface area (TPSA) is 43.1 Å². The molecule has 150 valence electrons. The van der Waals surface area contributed by atoms with Crippen molar-refractivity contribution in [3.8, 4) is 11.1 Å². The predicted octanol–water partition coefficient (Wildman–Crippen LogP) is 5.07. The molecule has 0 unspecified atom stereocenters. The Labute approximate surface area is 178 Å². The molecule has 0 atom stereocenters. The molecule has 2 nitrogen and oxygen atoms in total. The monoisotopic (exact) mass is 411 g/mol. The number of benzene rings is 4. The first kappa shape index (κ1) is 20.3. The van der Waals surface area contributed by atoms with Crippen molar-refractivity contribution >= 4 is 23.1 Å². The maximum absolute atomic E-state index is 15.0. The molecule has 0 aliphatic heterocycles. The van der Waals surface area contributed by atoms with Crippen LogP contribution in [0.1, 0.15) is 16.7 Å². The van der Waals surface area contributed by atoms with Gasteiger partial charge in [-0.25, -0.2) is 0 Å². The zero-order valence-corrected chi connectivity index (χ0v) is 18.3. The number of nitrogens with two attached hydrogens (primary N) is 1. The van der Waals surface area contributed by atoms with E-state index in [-0.39, 0.29) is 0 Å². The summed E-state index contributed by atoms with van der Waals surface area (Å²) >= 11 is 0. The second-order valence-corrected chi connectivity index (χ2v) is 10.3. The van der Waals surface area contributed by atoms with Gasteiger partial charge in [-0.05, 0) is 41.7 Å². The number of aryl methyl sites for hydroxylation is 2. The van der Waals surface area contributed by atoms with Gasteiger partial charge in [0.15, 0.2) is 7.14 Å². The van der Waals surface area contributed by atoms with Crippen LogP contribution in [0.4, 0.5) is 0 Å². The lowest BCUT2D eigenvalue weighted by Gasteiger charge is -2.25. The normalized spacial score (nSPS) is 11.4. The van der Waals surface area contributed by atoms with Gasteiger partial charge in [-0.1, -0.05) is 97.1 Å². The Morgan fingerprint density at radius 2 is 1.13 bits per heavy atom. The summed E-state index contributed by atoms with van der Waals surface area (Å²) < 4.78 is 15.0. The third kappa shape index (κ3) is 3.43. The van der Waals surface area contributed by atoms with Crippen molar-refractivity contribution in [1.82, 2.24) is 0 Å². The van der Waals surface area contributed by atoms with E-state index in [2.05, 4.69) is 32.0 Å². The lowest BCUT2D eigenvalue weighted by Crippen LogP contribution is -2.27. The Bertz CT molecular complexity index is 1170. The van der Waals surface area contributed by atoms with Crippen LogP contribution in [0.2, 0.25) is 0 Å². The van der Waals surface area contributed by atoms with Crippen molar-refractivity contribution in [3.63, 3.8) is 0 Å². The molecule has 0 aromatic heterocycles. The first-order valence-electron chi connectivity index (χ1n) is 10.2. The summed E-state index contributed by atoms with van der Waals surface area (Å²) in [6, 6.07) is 32.0. The van der Waals surface area contributed by atoms with Crippen LogP contribution in [0.3, 0.4) is 0 Å². The van der Waals surface area contributed by atoms with Gasteiger partial charge in [0.05, 0.1) is 0 Å². The number of hydrogen-bond acceptors (Lipinski definition) is 2. The minimum absolute atomic E-state index is 0.436. The maximum Gasteiger partial charge on any atom is 0.171 e. The lowest BCUT2D eigenvalue weighted by atomic mass is 9.92. The van der Waals surface area contributed by atoms with E-state index in [0.29, 0.717) is 6.54 Å². The zero-order valence-electron chi connectivity index (χ0n) is 17.4. The average Bonchev–Trinajstić information content (AvgIpc) is 2.80. The molecule has 0 aliphatic carbocycles. The Morgan fingerprint density at radius 3 is 1.67 bits per heavy atom. The van der Waals surface area contributed by atoms with Gasteiger partial charge in [-0.2, -0.15) is 0 Å². The molecular formula is C27H26NOP. The first-order chi connectivity index (χ1) is 14.6. The highest BCUT2D eigenvalue weighted by atomic mass is 31.2. The number of rotatable bonds is 5. The van der Waals surface area contributed by atoms with E-state index in [1.807, 2.05) is 78.9 Å². The Hall–Kier alpha value is -2.93. The molecule has 2 N–H and O–H groups in total. The van der Waals surface area contributed by atoms with Gasteiger partial charge < -0.3 is 10.3 Å².